The Morgan fingerprint density at radius 2 is 1.88 bits per heavy atom. The van der Waals surface area contributed by atoms with E-state index in [1.807, 2.05) is 0 Å². The Hall–Kier alpha value is -1.65. The number of halogens is 3. The standard InChI is InChI=1S/C12H9F3O2/c13-12(14,15)11(17)9-6-5-7-3-1-2-4-8(7)10(9)16/h1-4,9H,5-6H2. The molecule has 1 aromatic carbocycles. The summed E-state index contributed by atoms with van der Waals surface area (Å²) in [5.41, 5.74) is 0.949. The molecular formula is C12H9F3O2. The predicted octanol–water partition coefficient (Wildman–Crippen LogP) is 2.56. The van der Waals surface area contributed by atoms with Gasteiger partial charge in [0.15, 0.2) is 5.78 Å². The van der Waals surface area contributed by atoms with Gasteiger partial charge in [-0.05, 0) is 18.4 Å². The van der Waals surface area contributed by atoms with Crippen molar-refractivity contribution >= 4 is 11.6 Å². The zero-order valence-corrected chi connectivity index (χ0v) is 8.75. The van der Waals surface area contributed by atoms with E-state index in [9.17, 15) is 22.8 Å². The Balaban J connectivity index is 2.33. The van der Waals surface area contributed by atoms with Gasteiger partial charge in [-0.1, -0.05) is 24.3 Å². The average molecular weight is 242 g/mol. The normalized spacial score (nSPS) is 19.9. The molecule has 0 fully saturated rings. The second-order valence-electron chi connectivity index (χ2n) is 3.97. The molecule has 5 heteroatoms. The number of fused-ring (bicyclic) bond motifs is 1. The monoisotopic (exact) mass is 242 g/mol. The maximum Gasteiger partial charge on any atom is 0.450 e. The molecule has 2 rings (SSSR count). The Morgan fingerprint density at radius 1 is 1.24 bits per heavy atom. The number of aryl methyl sites for hydroxylation is 1. The maximum absolute atomic E-state index is 12.3. The van der Waals surface area contributed by atoms with Crippen molar-refractivity contribution in [3.05, 3.63) is 35.4 Å². The van der Waals surface area contributed by atoms with Crippen LogP contribution < -0.4 is 0 Å². The zero-order chi connectivity index (χ0) is 12.6. The van der Waals surface area contributed by atoms with Crippen LogP contribution in [0.15, 0.2) is 24.3 Å². The molecule has 0 saturated carbocycles. The lowest BCUT2D eigenvalue weighted by atomic mass is 9.80. The van der Waals surface area contributed by atoms with Gasteiger partial charge in [-0.25, -0.2) is 0 Å². The molecule has 1 aliphatic carbocycles. The minimum Gasteiger partial charge on any atom is -0.293 e. The second-order valence-corrected chi connectivity index (χ2v) is 3.97. The first kappa shape index (κ1) is 11.8. The van der Waals surface area contributed by atoms with E-state index in [-0.39, 0.29) is 12.0 Å². The number of ketones is 2. The zero-order valence-electron chi connectivity index (χ0n) is 8.75. The van der Waals surface area contributed by atoms with Crippen molar-refractivity contribution < 1.29 is 22.8 Å². The van der Waals surface area contributed by atoms with Gasteiger partial charge >= 0.3 is 6.18 Å². The third-order valence-corrected chi connectivity index (χ3v) is 2.90. The fourth-order valence-corrected chi connectivity index (χ4v) is 2.05. The average Bonchev–Trinajstić information content (AvgIpc) is 2.28. The van der Waals surface area contributed by atoms with Gasteiger partial charge in [0.1, 0.15) is 0 Å². The van der Waals surface area contributed by atoms with Gasteiger partial charge in [-0.15, -0.1) is 0 Å². The molecule has 0 radical (unpaired) electrons. The summed E-state index contributed by atoms with van der Waals surface area (Å²) in [5, 5.41) is 0. The van der Waals surface area contributed by atoms with Crippen molar-refractivity contribution in [3.8, 4) is 0 Å². The molecule has 1 atom stereocenters. The highest BCUT2D eigenvalue weighted by Crippen LogP contribution is 2.31. The van der Waals surface area contributed by atoms with E-state index in [2.05, 4.69) is 0 Å². The molecule has 17 heavy (non-hydrogen) atoms. The van der Waals surface area contributed by atoms with E-state index in [4.69, 9.17) is 0 Å². The summed E-state index contributed by atoms with van der Waals surface area (Å²) in [7, 11) is 0. The number of carbonyl (C=O) groups is 2. The topological polar surface area (TPSA) is 34.1 Å². The highest BCUT2D eigenvalue weighted by molar-refractivity contribution is 6.13. The van der Waals surface area contributed by atoms with E-state index in [1.165, 1.54) is 6.07 Å². The first-order valence-electron chi connectivity index (χ1n) is 5.14. The summed E-state index contributed by atoms with van der Waals surface area (Å²) >= 11 is 0. The second kappa shape index (κ2) is 3.98. The lowest BCUT2D eigenvalue weighted by Crippen LogP contribution is -2.37. The van der Waals surface area contributed by atoms with E-state index in [0.717, 1.165) is 0 Å². The fourth-order valence-electron chi connectivity index (χ4n) is 2.05. The molecule has 0 saturated heterocycles. The molecule has 0 aromatic heterocycles. The van der Waals surface area contributed by atoms with Crippen LogP contribution in [0, 0.1) is 5.92 Å². The minimum atomic E-state index is -4.94. The van der Waals surface area contributed by atoms with Crippen LogP contribution in [-0.2, 0) is 11.2 Å². The van der Waals surface area contributed by atoms with Crippen molar-refractivity contribution in [1.29, 1.82) is 0 Å². The molecular weight excluding hydrogens is 233 g/mol. The quantitative estimate of drug-likeness (QED) is 0.709. The Bertz CT molecular complexity index is 477. The van der Waals surface area contributed by atoms with Crippen LogP contribution in [-0.4, -0.2) is 17.7 Å². The highest BCUT2D eigenvalue weighted by atomic mass is 19.4. The van der Waals surface area contributed by atoms with E-state index in [1.54, 1.807) is 18.2 Å². The summed E-state index contributed by atoms with van der Waals surface area (Å²) in [6.07, 6.45) is -4.67. The molecule has 1 aliphatic rings. The number of rotatable bonds is 1. The van der Waals surface area contributed by atoms with Crippen LogP contribution in [0.25, 0.3) is 0 Å². The summed E-state index contributed by atoms with van der Waals surface area (Å²) in [4.78, 5) is 22.9. The third-order valence-electron chi connectivity index (χ3n) is 2.90. The van der Waals surface area contributed by atoms with Gasteiger partial charge in [-0.2, -0.15) is 13.2 Å². The molecule has 0 amide bonds. The molecule has 90 valence electrons. The lowest BCUT2D eigenvalue weighted by Gasteiger charge is -2.22. The third kappa shape index (κ3) is 2.09. The number of hydrogen-bond donors (Lipinski definition) is 0. The Labute approximate surface area is 95.4 Å². The van der Waals surface area contributed by atoms with Crippen LogP contribution in [0.2, 0.25) is 0 Å². The molecule has 2 nitrogen and oxygen atoms in total. The van der Waals surface area contributed by atoms with Crippen LogP contribution in [0.5, 0.6) is 0 Å². The molecule has 1 aromatic rings. The maximum atomic E-state index is 12.3. The molecule has 0 N–H and O–H groups in total. The van der Waals surface area contributed by atoms with Gasteiger partial charge in [0, 0.05) is 5.56 Å². The number of benzene rings is 1. The van der Waals surface area contributed by atoms with Crippen LogP contribution in [0.4, 0.5) is 13.2 Å². The van der Waals surface area contributed by atoms with Gasteiger partial charge in [0.2, 0.25) is 5.78 Å². The van der Waals surface area contributed by atoms with Crippen LogP contribution in [0.3, 0.4) is 0 Å². The van der Waals surface area contributed by atoms with Crippen molar-refractivity contribution in [2.45, 2.75) is 19.0 Å². The number of carbonyl (C=O) groups excluding carboxylic acids is 2. The Kier molecular flexibility index (Phi) is 2.77. The highest BCUT2D eigenvalue weighted by Gasteiger charge is 2.47. The smallest absolute Gasteiger partial charge is 0.293 e. The molecule has 1 unspecified atom stereocenters. The minimum absolute atomic E-state index is 0.0613. The molecule has 0 bridgehead atoms. The fraction of sp³-hybridized carbons (Fsp3) is 0.333. The summed E-state index contributed by atoms with van der Waals surface area (Å²) in [6, 6.07) is 6.46. The lowest BCUT2D eigenvalue weighted by molar-refractivity contribution is -0.174. The van der Waals surface area contributed by atoms with Crippen LogP contribution in [0.1, 0.15) is 22.3 Å². The van der Waals surface area contributed by atoms with Gasteiger partial charge in [-0.3, -0.25) is 9.59 Å². The predicted molar refractivity (Wildman–Crippen MR) is 53.6 cm³/mol. The SMILES string of the molecule is O=C1c2ccccc2CCC1C(=O)C(F)(F)F. The summed E-state index contributed by atoms with van der Waals surface area (Å²) in [6.45, 7) is 0. The van der Waals surface area contributed by atoms with Gasteiger partial charge in [0.05, 0.1) is 5.92 Å². The molecule has 0 aliphatic heterocycles. The summed E-state index contributed by atoms with van der Waals surface area (Å²) < 4.78 is 36.8. The summed E-state index contributed by atoms with van der Waals surface area (Å²) in [5.74, 6) is -4.21. The van der Waals surface area contributed by atoms with Crippen molar-refractivity contribution in [3.63, 3.8) is 0 Å². The first-order chi connectivity index (χ1) is 7.91. The van der Waals surface area contributed by atoms with Gasteiger partial charge in [0.25, 0.3) is 0 Å². The van der Waals surface area contributed by atoms with Crippen molar-refractivity contribution in [2.24, 2.45) is 5.92 Å². The molecule has 0 heterocycles. The van der Waals surface area contributed by atoms with E-state index in [0.29, 0.717) is 12.0 Å². The number of Topliss-reactive ketones (excluding diaryl/α,β-unsaturated/α-hetero) is 2. The molecule has 0 spiro atoms. The van der Waals surface area contributed by atoms with E-state index < -0.39 is 23.7 Å². The Morgan fingerprint density at radius 3 is 2.53 bits per heavy atom. The number of alkyl halides is 3. The first-order valence-corrected chi connectivity index (χ1v) is 5.14. The van der Waals surface area contributed by atoms with Crippen molar-refractivity contribution in [2.75, 3.05) is 0 Å². The number of hydrogen-bond acceptors (Lipinski definition) is 2. The van der Waals surface area contributed by atoms with Crippen molar-refractivity contribution in [1.82, 2.24) is 0 Å². The van der Waals surface area contributed by atoms with Gasteiger partial charge < -0.3 is 0 Å². The van der Waals surface area contributed by atoms with E-state index >= 15 is 0 Å². The largest absolute Gasteiger partial charge is 0.450 e. The van der Waals surface area contributed by atoms with Crippen LogP contribution >= 0.6 is 0 Å².